The standard InChI is InChI=1S/C19H20FNO4/c20-14-6-4-13(5-7-14)19(10-2-1-3-11-19)18(24)21-12-15-8-9-16(25-15)17(22)23/h4-9H,1-3,10-12H2,(H,21,24)(H,22,23). The molecule has 0 spiro atoms. The fourth-order valence-electron chi connectivity index (χ4n) is 3.50. The van der Waals surface area contributed by atoms with Crippen LogP contribution >= 0.6 is 0 Å². The molecule has 0 unspecified atom stereocenters. The largest absolute Gasteiger partial charge is 0.475 e. The van der Waals surface area contributed by atoms with Crippen molar-refractivity contribution in [1.29, 1.82) is 0 Å². The van der Waals surface area contributed by atoms with Crippen molar-refractivity contribution in [2.75, 3.05) is 0 Å². The molecule has 1 aliphatic carbocycles. The minimum Gasteiger partial charge on any atom is -0.475 e. The summed E-state index contributed by atoms with van der Waals surface area (Å²) in [6.07, 6.45) is 4.38. The van der Waals surface area contributed by atoms with Crippen molar-refractivity contribution < 1.29 is 23.5 Å². The fraction of sp³-hybridized carbons (Fsp3) is 0.368. The topological polar surface area (TPSA) is 79.5 Å². The van der Waals surface area contributed by atoms with Crippen molar-refractivity contribution in [3.63, 3.8) is 0 Å². The minimum absolute atomic E-state index is 0.120. The predicted octanol–water partition coefficient (Wildman–Crippen LogP) is 3.64. The van der Waals surface area contributed by atoms with E-state index in [0.717, 1.165) is 24.8 Å². The van der Waals surface area contributed by atoms with Gasteiger partial charge in [-0.15, -0.1) is 0 Å². The summed E-state index contributed by atoms with van der Waals surface area (Å²) in [5.74, 6) is -1.38. The molecule has 0 atom stereocenters. The number of halogens is 1. The van der Waals surface area contributed by atoms with Crippen LogP contribution in [0.4, 0.5) is 4.39 Å². The lowest BCUT2D eigenvalue weighted by atomic mass is 9.68. The van der Waals surface area contributed by atoms with E-state index in [1.54, 1.807) is 12.1 Å². The Hall–Kier alpha value is -2.63. The summed E-state index contributed by atoms with van der Waals surface area (Å²) in [5, 5.41) is 11.7. The van der Waals surface area contributed by atoms with E-state index in [4.69, 9.17) is 9.52 Å². The Bertz CT molecular complexity index is 760. The van der Waals surface area contributed by atoms with Crippen LogP contribution in [0, 0.1) is 5.82 Å². The molecule has 1 fully saturated rings. The predicted molar refractivity (Wildman–Crippen MR) is 88.7 cm³/mol. The normalized spacial score (nSPS) is 16.4. The van der Waals surface area contributed by atoms with Gasteiger partial charge in [0, 0.05) is 0 Å². The second-order valence-electron chi connectivity index (χ2n) is 6.40. The van der Waals surface area contributed by atoms with Gasteiger partial charge >= 0.3 is 5.97 Å². The van der Waals surface area contributed by atoms with Crippen LogP contribution in [0.2, 0.25) is 0 Å². The number of amides is 1. The van der Waals surface area contributed by atoms with Crippen LogP contribution in [0.25, 0.3) is 0 Å². The summed E-state index contributed by atoms with van der Waals surface area (Å²) in [5.41, 5.74) is 0.144. The quantitative estimate of drug-likeness (QED) is 0.867. The van der Waals surface area contributed by atoms with E-state index < -0.39 is 11.4 Å². The molecule has 25 heavy (non-hydrogen) atoms. The van der Waals surface area contributed by atoms with Crippen LogP contribution < -0.4 is 5.32 Å². The van der Waals surface area contributed by atoms with E-state index in [0.29, 0.717) is 18.6 Å². The maximum absolute atomic E-state index is 13.3. The molecule has 1 aromatic heterocycles. The van der Waals surface area contributed by atoms with Gasteiger partial charge in [-0.25, -0.2) is 9.18 Å². The molecule has 3 rings (SSSR count). The molecule has 0 radical (unpaired) electrons. The molecule has 0 aliphatic heterocycles. The lowest BCUT2D eigenvalue weighted by Gasteiger charge is -2.36. The van der Waals surface area contributed by atoms with E-state index in [9.17, 15) is 14.0 Å². The van der Waals surface area contributed by atoms with Gasteiger partial charge in [0.05, 0.1) is 12.0 Å². The lowest BCUT2D eigenvalue weighted by molar-refractivity contribution is -0.128. The number of benzene rings is 1. The number of nitrogens with one attached hydrogen (secondary N) is 1. The zero-order valence-corrected chi connectivity index (χ0v) is 13.8. The zero-order valence-electron chi connectivity index (χ0n) is 13.8. The third-order valence-corrected chi connectivity index (χ3v) is 4.83. The van der Waals surface area contributed by atoms with Gasteiger partial charge < -0.3 is 14.8 Å². The Morgan fingerprint density at radius 3 is 2.36 bits per heavy atom. The Kier molecular flexibility index (Phi) is 4.88. The summed E-state index contributed by atoms with van der Waals surface area (Å²) < 4.78 is 18.4. The number of carboxylic acid groups (broad SMARTS) is 1. The average molecular weight is 345 g/mol. The van der Waals surface area contributed by atoms with Crippen LogP contribution in [0.3, 0.4) is 0 Å². The molecule has 1 saturated carbocycles. The van der Waals surface area contributed by atoms with E-state index in [2.05, 4.69) is 5.32 Å². The van der Waals surface area contributed by atoms with Gasteiger partial charge in [-0.2, -0.15) is 0 Å². The van der Waals surface area contributed by atoms with E-state index in [-0.39, 0.29) is 24.0 Å². The number of aromatic carboxylic acids is 1. The molecule has 0 bridgehead atoms. The van der Waals surface area contributed by atoms with E-state index >= 15 is 0 Å². The highest BCUT2D eigenvalue weighted by Gasteiger charge is 2.41. The molecule has 1 aliphatic rings. The maximum atomic E-state index is 13.3. The highest BCUT2D eigenvalue weighted by Crippen LogP contribution is 2.39. The molecule has 6 heteroatoms. The van der Waals surface area contributed by atoms with E-state index in [1.807, 2.05) is 0 Å². The lowest BCUT2D eigenvalue weighted by Crippen LogP contribution is -2.45. The molecule has 132 valence electrons. The molecule has 1 aromatic carbocycles. The fourth-order valence-corrected chi connectivity index (χ4v) is 3.50. The van der Waals surface area contributed by atoms with Crippen molar-refractivity contribution in [3.8, 4) is 0 Å². The van der Waals surface area contributed by atoms with Gasteiger partial charge in [0.15, 0.2) is 0 Å². The molecule has 2 aromatic rings. The van der Waals surface area contributed by atoms with Crippen LogP contribution in [0.5, 0.6) is 0 Å². The SMILES string of the molecule is O=C(O)c1ccc(CNC(=O)C2(c3ccc(F)cc3)CCCCC2)o1. The van der Waals surface area contributed by atoms with Crippen molar-refractivity contribution in [2.45, 2.75) is 44.1 Å². The second kappa shape index (κ2) is 7.09. The van der Waals surface area contributed by atoms with Gasteiger partial charge in [-0.05, 0) is 42.7 Å². The third kappa shape index (κ3) is 3.57. The van der Waals surface area contributed by atoms with Crippen LogP contribution in [0.1, 0.15) is 54.0 Å². The number of carbonyl (C=O) groups is 2. The second-order valence-corrected chi connectivity index (χ2v) is 6.40. The number of carboxylic acids is 1. The maximum Gasteiger partial charge on any atom is 0.371 e. The zero-order chi connectivity index (χ0) is 17.9. The van der Waals surface area contributed by atoms with Crippen molar-refractivity contribution in [3.05, 3.63) is 59.3 Å². The number of hydrogen-bond acceptors (Lipinski definition) is 3. The Morgan fingerprint density at radius 1 is 1.08 bits per heavy atom. The Balaban J connectivity index is 1.77. The molecular weight excluding hydrogens is 325 g/mol. The molecule has 2 N–H and O–H groups in total. The summed E-state index contributed by atoms with van der Waals surface area (Å²) in [6.45, 7) is 0.120. The summed E-state index contributed by atoms with van der Waals surface area (Å²) >= 11 is 0. The smallest absolute Gasteiger partial charge is 0.371 e. The van der Waals surface area contributed by atoms with Gasteiger partial charge in [0.1, 0.15) is 11.6 Å². The summed E-state index contributed by atoms with van der Waals surface area (Å²) in [6, 6.07) is 9.01. The highest BCUT2D eigenvalue weighted by molar-refractivity contribution is 5.88. The van der Waals surface area contributed by atoms with Gasteiger partial charge in [0.2, 0.25) is 11.7 Å². The number of hydrogen-bond donors (Lipinski definition) is 2. The van der Waals surface area contributed by atoms with Crippen LogP contribution in [-0.4, -0.2) is 17.0 Å². The minimum atomic E-state index is -1.15. The molecular formula is C19H20FNO4. The molecule has 1 amide bonds. The first-order valence-electron chi connectivity index (χ1n) is 8.38. The van der Waals surface area contributed by atoms with Crippen molar-refractivity contribution in [2.24, 2.45) is 0 Å². The van der Waals surface area contributed by atoms with Crippen molar-refractivity contribution in [1.82, 2.24) is 5.32 Å². The Labute approximate surface area is 144 Å². The summed E-state index contributed by atoms with van der Waals surface area (Å²) in [4.78, 5) is 23.8. The summed E-state index contributed by atoms with van der Waals surface area (Å²) in [7, 11) is 0. The molecule has 0 saturated heterocycles. The van der Waals surface area contributed by atoms with Crippen LogP contribution in [0.15, 0.2) is 40.8 Å². The van der Waals surface area contributed by atoms with E-state index in [1.165, 1.54) is 24.3 Å². The first-order chi connectivity index (χ1) is 12.0. The number of furan rings is 1. The van der Waals surface area contributed by atoms with Gasteiger partial charge in [0.25, 0.3) is 0 Å². The Morgan fingerprint density at radius 2 is 1.76 bits per heavy atom. The number of rotatable bonds is 5. The molecule has 5 nitrogen and oxygen atoms in total. The highest BCUT2D eigenvalue weighted by atomic mass is 19.1. The first-order valence-corrected chi connectivity index (χ1v) is 8.38. The number of carbonyl (C=O) groups excluding carboxylic acids is 1. The monoisotopic (exact) mass is 345 g/mol. The first kappa shape index (κ1) is 17.2. The van der Waals surface area contributed by atoms with Gasteiger partial charge in [-0.3, -0.25) is 4.79 Å². The molecule has 1 heterocycles. The van der Waals surface area contributed by atoms with Gasteiger partial charge in [-0.1, -0.05) is 31.4 Å². The average Bonchev–Trinajstić information content (AvgIpc) is 3.10. The van der Waals surface area contributed by atoms with Crippen molar-refractivity contribution >= 4 is 11.9 Å². The third-order valence-electron chi connectivity index (χ3n) is 4.83. The van der Waals surface area contributed by atoms with Crippen LogP contribution in [-0.2, 0) is 16.8 Å².